The molecule has 5 nitrogen and oxygen atoms in total. The van der Waals surface area contributed by atoms with E-state index >= 15 is 0 Å². The van der Waals surface area contributed by atoms with Crippen LogP contribution in [0.5, 0.6) is 0 Å². The Labute approximate surface area is 86.0 Å². The van der Waals surface area contributed by atoms with E-state index in [1.54, 1.807) is 11.4 Å². The van der Waals surface area contributed by atoms with Crippen LogP contribution in [0.25, 0.3) is 0 Å². The molecule has 1 unspecified atom stereocenters. The first kappa shape index (κ1) is 11.2. The van der Waals surface area contributed by atoms with E-state index in [0.717, 1.165) is 11.3 Å². The van der Waals surface area contributed by atoms with E-state index in [1.807, 2.05) is 0 Å². The highest BCUT2D eigenvalue weighted by atomic mass is 32.2. The molecule has 0 fully saturated rings. The van der Waals surface area contributed by atoms with Gasteiger partial charge in [-0.1, -0.05) is 6.07 Å². The molecule has 3 N–H and O–H groups in total. The first-order valence-electron chi connectivity index (χ1n) is 3.78. The van der Waals surface area contributed by atoms with Gasteiger partial charge < -0.3 is 5.73 Å². The molecule has 0 radical (unpaired) electrons. The SMILES string of the molecule is CC(NS(=O)(=O)c1cccs1)C(N)=O. The number of sulfonamides is 1. The lowest BCUT2D eigenvalue weighted by atomic mass is 10.4. The van der Waals surface area contributed by atoms with Crippen LogP contribution in [0.4, 0.5) is 0 Å². The zero-order valence-electron chi connectivity index (χ0n) is 7.43. The summed E-state index contributed by atoms with van der Waals surface area (Å²) in [6, 6.07) is 2.18. The summed E-state index contributed by atoms with van der Waals surface area (Å²) in [5, 5.41) is 1.64. The molecule has 1 aromatic heterocycles. The second kappa shape index (κ2) is 4.07. The molecule has 0 aliphatic heterocycles. The normalized spacial score (nSPS) is 13.8. The first-order valence-corrected chi connectivity index (χ1v) is 6.15. The molecule has 0 saturated carbocycles. The third-order valence-electron chi connectivity index (χ3n) is 1.52. The fraction of sp³-hybridized carbons (Fsp3) is 0.286. The Hall–Kier alpha value is -0.920. The zero-order valence-corrected chi connectivity index (χ0v) is 9.06. The zero-order chi connectivity index (χ0) is 10.8. The number of primary amides is 1. The molecule has 0 spiro atoms. The van der Waals surface area contributed by atoms with E-state index in [4.69, 9.17) is 5.73 Å². The summed E-state index contributed by atoms with van der Waals surface area (Å²) in [6.45, 7) is 1.40. The van der Waals surface area contributed by atoms with Gasteiger partial charge in [-0.2, -0.15) is 4.72 Å². The maximum absolute atomic E-state index is 11.5. The molecule has 1 heterocycles. The third-order valence-corrected chi connectivity index (χ3v) is 4.46. The van der Waals surface area contributed by atoms with Crippen LogP contribution in [0.3, 0.4) is 0 Å². The molecule has 1 aromatic rings. The Balaban J connectivity index is 2.84. The highest BCUT2D eigenvalue weighted by Crippen LogP contribution is 2.15. The van der Waals surface area contributed by atoms with E-state index in [9.17, 15) is 13.2 Å². The highest BCUT2D eigenvalue weighted by molar-refractivity contribution is 7.91. The summed E-state index contributed by atoms with van der Waals surface area (Å²) < 4.78 is 25.3. The lowest BCUT2D eigenvalue weighted by Gasteiger charge is -2.08. The molecule has 0 aromatic carbocycles. The van der Waals surface area contributed by atoms with E-state index in [1.165, 1.54) is 13.0 Å². The molecule has 0 saturated heterocycles. The second-order valence-electron chi connectivity index (χ2n) is 2.68. The van der Waals surface area contributed by atoms with Crippen molar-refractivity contribution in [3.63, 3.8) is 0 Å². The summed E-state index contributed by atoms with van der Waals surface area (Å²) in [5.41, 5.74) is 4.93. The predicted octanol–water partition coefficient (Wildman–Crippen LogP) is -0.0998. The highest BCUT2D eigenvalue weighted by Gasteiger charge is 2.20. The van der Waals surface area contributed by atoms with Crippen LogP contribution in [0.1, 0.15) is 6.92 Å². The fourth-order valence-electron chi connectivity index (χ4n) is 0.765. The third kappa shape index (κ3) is 2.53. The van der Waals surface area contributed by atoms with E-state index in [2.05, 4.69) is 4.72 Å². The van der Waals surface area contributed by atoms with Gasteiger partial charge in [-0.25, -0.2) is 8.42 Å². The number of nitrogens with two attached hydrogens (primary N) is 1. The monoisotopic (exact) mass is 234 g/mol. The van der Waals surface area contributed by atoms with Crippen LogP contribution < -0.4 is 10.5 Å². The summed E-state index contributed by atoms with van der Waals surface area (Å²) in [5.74, 6) is -0.704. The van der Waals surface area contributed by atoms with Crippen LogP contribution in [0.2, 0.25) is 0 Å². The smallest absolute Gasteiger partial charge is 0.250 e. The molecule has 14 heavy (non-hydrogen) atoms. The number of amides is 1. The summed E-state index contributed by atoms with van der Waals surface area (Å²) in [4.78, 5) is 10.6. The Morgan fingerprint density at radius 3 is 2.71 bits per heavy atom. The van der Waals surface area contributed by atoms with Crippen LogP contribution in [-0.4, -0.2) is 20.4 Å². The lowest BCUT2D eigenvalue weighted by molar-refractivity contribution is -0.119. The van der Waals surface area contributed by atoms with Crippen molar-refractivity contribution in [1.29, 1.82) is 0 Å². The minimum Gasteiger partial charge on any atom is -0.368 e. The summed E-state index contributed by atoms with van der Waals surface area (Å²) >= 11 is 1.08. The average molecular weight is 234 g/mol. The Morgan fingerprint density at radius 2 is 2.29 bits per heavy atom. The summed E-state index contributed by atoms with van der Waals surface area (Å²) in [7, 11) is -3.59. The maximum atomic E-state index is 11.5. The minimum absolute atomic E-state index is 0.172. The molecule has 1 rings (SSSR count). The van der Waals surface area contributed by atoms with Crippen molar-refractivity contribution in [1.82, 2.24) is 4.72 Å². The van der Waals surface area contributed by atoms with Crippen LogP contribution >= 0.6 is 11.3 Å². The van der Waals surface area contributed by atoms with E-state index in [0.29, 0.717) is 0 Å². The van der Waals surface area contributed by atoms with Crippen molar-refractivity contribution >= 4 is 27.3 Å². The second-order valence-corrected chi connectivity index (χ2v) is 5.57. The van der Waals surface area contributed by atoms with Gasteiger partial charge >= 0.3 is 0 Å². The Morgan fingerprint density at radius 1 is 1.64 bits per heavy atom. The van der Waals surface area contributed by atoms with Gasteiger partial charge in [-0.05, 0) is 18.4 Å². The molecule has 1 atom stereocenters. The lowest BCUT2D eigenvalue weighted by Crippen LogP contribution is -2.41. The van der Waals surface area contributed by atoms with Gasteiger partial charge in [0.1, 0.15) is 4.21 Å². The topological polar surface area (TPSA) is 89.3 Å². The average Bonchev–Trinajstić information content (AvgIpc) is 2.54. The largest absolute Gasteiger partial charge is 0.368 e. The predicted molar refractivity (Wildman–Crippen MR) is 53.3 cm³/mol. The van der Waals surface area contributed by atoms with Crippen LogP contribution in [-0.2, 0) is 14.8 Å². The molecule has 0 aliphatic carbocycles. The molecule has 1 amide bonds. The van der Waals surface area contributed by atoms with Crippen LogP contribution in [0.15, 0.2) is 21.7 Å². The standard InChI is InChI=1S/C7H10N2O3S2/c1-5(7(8)10)9-14(11,12)6-3-2-4-13-6/h2-5,9H,1H3,(H2,8,10). The molecular weight excluding hydrogens is 224 g/mol. The number of nitrogens with one attached hydrogen (secondary N) is 1. The minimum atomic E-state index is -3.59. The van der Waals surface area contributed by atoms with Crippen molar-refractivity contribution in [2.45, 2.75) is 17.2 Å². The van der Waals surface area contributed by atoms with Gasteiger partial charge in [0.15, 0.2) is 0 Å². The Bertz CT molecular complexity index is 410. The molecular formula is C7H10N2O3S2. The number of carbonyl (C=O) groups is 1. The van der Waals surface area contributed by atoms with Crippen molar-refractivity contribution < 1.29 is 13.2 Å². The maximum Gasteiger partial charge on any atom is 0.250 e. The van der Waals surface area contributed by atoms with Crippen molar-refractivity contribution in [3.05, 3.63) is 17.5 Å². The molecule has 0 bridgehead atoms. The van der Waals surface area contributed by atoms with E-state index in [-0.39, 0.29) is 4.21 Å². The van der Waals surface area contributed by atoms with Crippen molar-refractivity contribution in [2.75, 3.05) is 0 Å². The van der Waals surface area contributed by atoms with Gasteiger partial charge in [-0.3, -0.25) is 4.79 Å². The van der Waals surface area contributed by atoms with Crippen molar-refractivity contribution in [2.24, 2.45) is 5.73 Å². The quantitative estimate of drug-likeness (QED) is 0.762. The van der Waals surface area contributed by atoms with Crippen molar-refractivity contribution in [3.8, 4) is 0 Å². The first-order chi connectivity index (χ1) is 6.43. The Kier molecular flexibility index (Phi) is 3.25. The fourth-order valence-corrected chi connectivity index (χ4v) is 2.99. The molecule has 0 aliphatic rings. The van der Waals surface area contributed by atoms with Crippen LogP contribution in [0, 0.1) is 0 Å². The van der Waals surface area contributed by atoms with Gasteiger partial charge in [0, 0.05) is 0 Å². The number of carbonyl (C=O) groups excluding carboxylic acids is 1. The number of hydrogen-bond acceptors (Lipinski definition) is 4. The number of hydrogen-bond donors (Lipinski definition) is 2. The summed E-state index contributed by atoms with van der Waals surface area (Å²) in [6.07, 6.45) is 0. The van der Waals surface area contributed by atoms with Gasteiger partial charge in [-0.15, -0.1) is 11.3 Å². The van der Waals surface area contributed by atoms with Gasteiger partial charge in [0.05, 0.1) is 6.04 Å². The molecule has 7 heteroatoms. The van der Waals surface area contributed by atoms with Gasteiger partial charge in [0.25, 0.3) is 10.0 Å². The number of thiophene rings is 1. The van der Waals surface area contributed by atoms with Gasteiger partial charge in [0.2, 0.25) is 5.91 Å². The van der Waals surface area contributed by atoms with E-state index < -0.39 is 22.0 Å². The molecule has 78 valence electrons. The number of rotatable bonds is 4.